The van der Waals surface area contributed by atoms with Crippen molar-refractivity contribution in [2.24, 2.45) is 4.99 Å². The molecule has 2 aromatic rings. The summed E-state index contributed by atoms with van der Waals surface area (Å²) < 4.78 is 0. The van der Waals surface area contributed by atoms with Gasteiger partial charge in [-0.3, -0.25) is 4.99 Å². The number of hydrogen-bond acceptors (Lipinski definition) is 2. The van der Waals surface area contributed by atoms with Crippen LogP contribution in [-0.4, -0.2) is 18.4 Å². The summed E-state index contributed by atoms with van der Waals surface area (Å²) in [7, 11) is 2.21. The van der Waals surface area contributed by atoms with Gasteiger partial charge in [0.1, 0.15) is 5.75 Å². The zero-order chi connectivity index (χ0) is 13.8. The number of phenolic OH excluding ortho intramolecular Hbond substituents is 1. The molecule has 1 unspecified atom stereocenters. The lowest BCUT2D eigenvalue weighted by Crippen LogP contribution is -2.10. The number of aryl methyl sites for hydroxylation is 2. The fourth-order valence-corrected chi connectivity index (χ4v) is 3.19. The first-order valence-corrected chi connectivity index (χ1v) is 7.19. The maximum atomic E-state index is 9.94. The average molecular weight is 271 g/mol. The number of benzene rings is 2. The van der Waals surface area contributed by atoms with E-state index in [4.69, 9.17) is 0 Å². The van der Waals surface area contributed by atoms with Gasteiger partial charge in [-0.15, -0.1) is 0 Å². The summed E-state index contributed by atoms with van der Waals surface area (Å²) in [5, 5.41) is 12.1. The van der Waals surface area contributed by atoms with Crippen LogP contribution in [0.5, 0.6) is 5.75 Å². The minimum Gasteiger partial charge on any atom is -0.507 e. The van der Waals surface area contributed by atoms with Gasteiger partial charge < -0.3 is 5.11 Å². The molecule has 0 aliphatic heterocycles. The molecule has 0 fully saturated rings. The number of aliphatic imine (C=N–C) groups is 1. The Labute approximate surface area is 116 Å². The van der Waals surface area contributed by atoms with Crippen molar-refractivity contribution in [3.05, 3.63) is 53.1 Å². The van der Waals surface area contributed by atoms with Gasteiger partial charge >= 0.3 is 0 Å². The standard InChI is InChI=1S/C16H18NOP/c1-11-5-7-15(13(8-11)10-17-3)19-16-9-12(2)4-6-14(16)18/h4-10,18-19H,1-3H3. The second-order valence-electron chi connectivity index (χ2n) is 4.62. The molecule has 2 nitrogen and oxygen atoms in total. The van der Waals surface area contributed by atoms with E-state index in [1.165, 1.54) is 10.9 Å². The van der Waals surface area contributed by atoms with E-state index < -0.39 is 0 Å². The minimum atomic E-state index is 0.365. The Bertz CT molecular complexity index is 620. The Morgan fingerprint density at radius 2 is 1.68 bits per heavy atom. The van der Waals surface area contributed by atoms with E-state index in [9.17, 15) is 5.11 Å². The van der Waals surface area contributed by atoms with Crippen molar-refractivity contribution in [2.75, 3.05) is 7.05 Å². The fourth-order valence-electron chi connectivity index (χ4n) is 1.94. The lowest BCUT2D eigenvalue weighted by molar-refractivity contribution is 0.479. The zero-order valence-electron chi connectivity index (χ0n) is 11.4. The highest BCUT2D eigenvalue weighted by Gasteiger charge is 2.06. The van der Waals surface area contributed by atoms with Gasteiger partial charge in [-0.05, 0) is 37.4 Å². The topological polar surface area (TPSA) is 32.6 Å². The predicted molar refractivity (Wildman–Crippen MR) is 85.1 cm³/mol. The summed E-state index contributed by atoms with van der Waals surface area (Å²) in [6.45, 7) is 4.11. The molecule has 0 radical (unpaired) electrons. The molecule has 0 amide bonds. The third-order valence-electron chi connectivity index (χ3n) is 2.90. The van der Waals surface area contributed by atoms with E-state index in [-0.39, 0.29) is 0 Å². The average Bonchev–Trinajstić information content (AvgIpc) is 2.37. The van der Waals surface area contributed by atoms with E-state index in [1.807, 2.05) is 25.3 Å². The number of rotatable bonds is 3. The molecule has 0 heterocycles. The van der Waals surface area contributed by atoms with Crippen molar-refractivity contribution >= 4 is 25.4 Å². The van der Waals surface area contributed by atoms with Gasteiger partial charge in [0.15, 0.2) is 0 Å². The van der Waals surface area contributed by atoms with Crippen LogP contribution < -0.4 is 10.6 Å². The molecule has 0 saturated carbocycles. The Morgan fingerprint density at radius 3 is 2.42 bits per heavy atom. The number of phenols is 1. The highest BCUT2D eigenvalue weighted by Crippen LogP contribution is 2.21. The van der Waals surface area contributed by atoms with Gasteiger partial charge in [-0.1, -0.05) is 37.9 Å². The summed E-state index contributed by atoms with van der Waals surface area (Å²) >= 11 is 0. The van der Waals surface area contributed by atoms with Crippen LogP contribution in [0, 0.1) is 13.8 Å². The summed E-state index contributed by atoms with van der Waals surface area (Å²) in [5.41, 5.74) is 3.51. The van der Waals surface area contributed by atoms with Crippen molar-refractivity contribution in [2.45, 2.75) is 13.8 Å². The lowest BCUT2D eigenvalue weighted by Gasteiger charge is -2.09. The molecule has 0 aliphatic rings. The first-order valence-electron chi connectivity index (χ1n) is 6.19. The van der Waals surface area contributed by atoms with Gasteiger partial charge in [-0.25, -0.2) is 0 Å². The summed E-state index contributed by atoms with van der Waals surface area (Å²) in [6.07, 6.45) is 1.88. The van der Waals surface area contributed by atoms with Crippen LogP contribution in [0.15, 0.2) is 41.4 Å². The van der Waals surface area contributed by atoms with Crippen molar-refractivity contribution in [3.63, 3.8) is 0 Å². The van der Waals surface area contributed by atoms with Crippen LogP contribution in [0.2, 0.25) is 0 Å². The first-order chi connectivity index (χ1) is 9.10. The third-order valence-corrected chi connectivity index (χ3v) is 4.29. The van der Waals surface area contributed by atoms with E-state index in [2.05, 4.69) is 30.1 Å². The van der Waals surface area contributed by atoms with Crippen LogP contribution in [0.4, 0.5) is 0 Å². The maximum Gasteiger partial charge on any atom is 0.123 e. The van der Waals surface area contributed by atoms with Gasteiger partial charge in [-0.2, -0.15) is 0 Å². The van der Waals surface area contributed by atoms with Crippen LogP contribution >= 0.6 is 8.58 Å². The van der Waals surface area contributed by atoms with E-state index >= 15 is 0 Å². The van der Waals surface area contributed by atoms with Gasteiger partial charge in [0.05, 0.1) is 0 Å². The quantitative estimate of drug-likeness (QED) is 0.675. The largest absolute Gasteiger partial charge is 0.507 e. The number of hydrogen-bond donors (Lipinski definition) is 1. The lowest BCUT2D eigenvalue weighted by atomic mass is 10.1. The van der Waals surface area contributed by atoms with E-state index in [1.54, 1.807) is 13.1 Å². The van der Waals surface area contributed by atoms with Crippen LogP contribution in [0.1, 0.15) is 16.7 Å². The highest BCUT2D eigenvalue weighted by atomic mass is 31.1. The molecule has 19 heavy (non-hydrogen) atoms. The molecule has 0 spiro atoms. The SMILES string of the molecule is CN=Cc1cc(C)ccc1Pc1cc(C)ccc1O. The van der Waals surface area contributed by atoms with Gasteiger partial charge in [0.25, 0.3) is 0 Å². The fraction of sp³-hybridized carbons (Fsp3) is 0.188. The van der Waals surface area contributed by atoms with Crippen LogP contribution in [0.25, 0.3) is 0 Å². The second kappa shape index (κ2) is 5.99. The summed E-state index contributed by atoms with van der Waals surface area (Å²) in [6, 6.07) is 12.1. The third kappa shape index (κ3) is 3.42. The van der Waals surface area contributed by atoms with Gasteiger partial charge in [0, 0.05) is 24.1 Å². The molecular formula is C16H18NOP. The maximum absolute atomic E-state index is 9.94. The molecule has 0 aliphatic carbocycles. The minimum absolute atomic E-state index is 0.365. The Hall–Kier alpha value is -1.66. The molecule has 2 rings (SSSR count). The number of aromatic hydroxyl groups is 1. The van der Waals surface area contributed by atoms with E-state index in [0.29, 0.717) is 14.3 Å². The molecule has 0 saturated heterocycles. The van der Waals surface area contributed by atoms with Crippen molar-refractivity contribution in [1.29, 1.82) is 0 Å². The summed E-state index contributed by atoms with van der Waals surface area (Å²) in [4.78, 5) is 4.11. The van der Waals surface area contributed by atoms with Crippen molar-refractivity contribution < 1.29 is 5.11 Å². The Balaban J connectivity index is 2.40. The van der Waals surface area contributed by atoms with Crippen molar-refractivity contribution in [1.82, 2.24) is 0 Å². The molecule has 1 atom stereocenters. The smallest absolute Gasteiger partial charge is 0.123 e. The first kappa shape index (κ1) is 13.8. The van der Waals surface area contributed by atoms with Crippen molar-refractivity contribution in [3.8, 4) is 5.75 Å². The van der Waals surface area contributed by atoms with Gasteiger partial charge in [0.2, 0.25) is 0 Å². The molecule has 0 bridgehead atoms. The second-order valence-corrected chi connectivity index (χ2v) is 5.95. The molecule has 1 N–H and O–H groups in total. The molecule has 0 aromatic heterocycles. The molecule has 3 heteroatoms. The Morgan fingerprint density at radius 1 is 1.00 bits per heavy atom. The normalized spacial score (nSPS) is 11.7. The number of nitrogens with zero attached hydrogens (tertiary/aromatic N) is 1. The summed E-state index contributed by atoms with van der Waals surface area (Å²) in [5.74, 6) is 0.365. The highest BCUT2D eigenvalue weighted by molar-refractivity contribution is 7.56. The van der Waals surface area contributed by atoms with E-state index in [0.717, 1.165) is 16.4 Å². The van der Waals surface area contributed by atoms with Crippen LogP contribution in [0.3, 0.4) is 0 Å². The molecule has 98 valence electrons. The Kier molecular flexibility index (Phi) is 4.34. The van der Waals surface area contributed by atoms with Crippen LogP contribution in [-0.2, 0) is 0 Å². The predicted octanol–water partition coefficient (Wildman–Crippen LogP) is 2.69. The monoisotopic (exact) mass is 271 g/mol. The molecule has 2 aromatic carbocycles. The molecular weight excluding hydrogens is 253 g/mol. The zero-order valence-corrected chi connectivity index (χ0v) is 12.4.